The molecule has 0 bridgehead atoms. The zero-order chi connectivity index (χ0) is 11.2. The van der Waals surface area contributed by atoms with E-state index >= 15 is 0 Å². The van der Waals surface area contributed by atoms with Crippen LogP contribution in [0.4, 0.5) is 0 Å². The first kappa shape index (κ1) is 13.8. The van der Waals surface area contributed by atoms with E-state index in [0.29, 0.717) is 5.92 Å². The molecule has 0 amide bonds. The average Bonchev–Trinajstić information content (AvgIpc) is 1.99. The van der Waals surface area contributed by atoms with E-state index in [1.54, 1.807) is 0 Å². The zero-order valence-corrected chi connectivity index (χ0v) is 9.38. The van der Waals surface area contributed by atoms with E-state index in [2.05, 4.69) is 5.32 Å². The molecule has 0 rings (SSSR count). The second kappa shape index (κ2) is 6.34. The van der Waals surface area contributed by atoms with E-state index in [-0.39, 0.29) is 19.2 Å². The normalized spacial score (nSPS) is 14.6. The van der Waals surface area contributed by atoms with Gasteiger partial charge < -0.3 is 15.0 Å². The maximum absolute atomic E-state index is 10.3. The van der Waals surface area contributed by atoms with Gasteiger partial charge >= 0.3 is 0 Å². The Labute approximate surface area is 85.3 Å². The minimum absolute atomic E-state index is 0.0446. The average molecular weight is 224 g/mol. The second-order valence-electron chi connectivity index (χ2n) is 3.72. The summed E-state index contributed by atoms with van der Waals surface area (Å²) in [7, 11) is -4.15. The number of hydrogen-bond donors (Lipinski definition) is 2. The molecule has 0 aromatic heterocycles. The van der Waals surface area contributed by atoms with Crippen LogP contribution in [0.15, 0.2) is 0 Å². The van der Waals surface area contributed by atoms with Gasteiger partial charge in [0.1, 0.15) is 0 Å². The third-order valence-corrected chi connectivity index (χ3v) is 2.47. The molecule has 86 valence electrons. The van der Waals surface area contributed by atoms with Gasteiger partial charge in [-0.1, -0.05) is 13.8 Å². The fourth-order valence-corrected chi connectivity index (χ4v) is 1.55. The lowest BCUT2D eigenvalue weighted by Crippen LogP contribution is -2.36. The lowest BCUT2D eigenvalue weighted by atomic mass is 10.0. The largest absolute Gasteiger partial charge is 0.748 e. The highest BCUT2D eigenvalue weighted by Gasteiger charge is 2.08. The first-order chi connectivity index (χ1) is 6.35. The van der Waals surface area contributed by atoms with Gasteiger partial charge in [0.2, 0.25) is 0 Å². The summed E-state index contributed by atoms with van der Waals surface area (Å²) in [5, 5.41) is 11.7. The minimum atomic E-state index is -4.15. The van der Waals surface area contributed by atoms with Crippen LogP contribution < -0.4 is 5.32 Å². The first-order valence-corrected chi connectivity index (χ1v) is 6.20. The number of aliphatic hydroxyl groups is 1. The van der Waals surface area contributed by atoms with Gasteiger partial charge in [0, 0.05) is 12.6 Å². The molecule has 1 unspecified atom stereocenters. The van der Waals surface area contributed by atoms with Crippen molar-refractivity contribution in [2.24, 2.45) is 5.92 Å². The maximum Gasteiger partial charge on any atom is 0.0958 e. The summed E-state index contributed by atoms with van der Waals surface area (Å²) in [6.45, 7) is 4.07. The number of aliphatic hydroxyl groups excluding tert-OH is 1. The Morgan fingerprint density at radius 3 is 2.36 bits per heavy atom. The first-order valence-electron chi connectivity index (χ1n) is 4.63. The van der Waals surface area contributed by atoms with Crippen molar-refractivity contribution in [2.75, 3.05) is 18.9 Å². The van der Waals surface area contributed by atoms with E-state index in [1.807, 2.05) is 13.8 Å². The Kier molecular flexibility index (Phi) is 6.26. The van der Waals surface area contributed by atoms with Crippen molar-refractivity contribution in [2.45, 2.75) is 26.3 Å². The van der Waals surface area contributed by atoms with Gasteiger partial charge in [0.05, 0.1) is 22.5 Å². The van der Waals surface area contributed by atoms with Crippen molar-refractivity contribution in [3.05, 3.63) is 0 Å². The van der Waals surface area contributed by atoms with Crippen molar-refractivity contribution in [3.8, 4) is 0 Å². The molecule has 6 heteroatoms. The molecule has 0 aliphatic carbocycles. The Balaban J connectivity index is 3.74. The fourth-order valence-electron chi connectivity index (χ4n) is 1.18. The second-order valence-corrected chi connectivity index (χ2v) is 5.25. The molecule has 0 spiro atoms. The lowest BCUT2D eigenvalue weighted by molar-refractivity contribution is 0.226. The van der Waals surface area contributed by atoms with Gasteiger partial charge in [0.25, 0.3) is 0 Å². The summed E-state index contributed by atoms with van der Waals surface area (Å²) >= 11 is 0. The molecule has 0 aliphatic rings. The van der Waals surface area contributed by atoms with Gasteiger partial charge in [-0.2, -0.15) is 0 Å². The molecule has 0 aromatic rings. The summed E-state index contributed by atoms with van der Waals surface area (Å²) in [6.07, 6.45) is 0.759. The Bertz CT molecular complexity index is 238. The highest BCUT2D eigenvalue weighted by atomic mass is 32.2. The molecule has 14 heavy (non-hydrogen) atoms. The maximum atomic E-state index is 10.3. The number of rotatable bonds is 7. The Morgan fingerprint density at radius 1 is 1.43 bits per heavy atom. The molecule has 0 saturated heterocycles. The van der Waals surface area contributed by atoms with Crippen LogP contribution in [-0.4, -0.2) is 43.0 Å². The molecule has 0 radical (unpaired) electrons. The smallest absolute Gasteiger partial charge is 0.0958 e. The van der Waals surface area contributed by atoms with Crippen molar-refractivity contribution < 1.29 is 18.1 Å². The topological polar surface area (TPSA) is 89.5 Å². The quantitative estimate of drug-likeness (QED) is 0.571. The van der Waals surface area contributed by atoms with Crippen LogP contribution in [0.2, 0.25) is 0 Å². The van der Waals surface area contributed by atoms with Gasteiger partial charge in [-0.25, -0.2) is 8.42 Å². The molecule has 5 nitrogen and oxygen atoms in total. The molecule has 0 saturated carbocycles. The molecular formula is C8H18NO4S-. The standard InChI is InChI=1S/C8H19NO4S/c1-7(2)5-8(6-10)9-3-4-14(11,12)13/h7-10H,3-6H2,1-2H3,(H,11,12,13)/p-1. The van der Waals surface area contributed by atoms with Crippen LogP contribution in [-0.2, 0) is 10.1 Å². The van der Waals surface area contributed by atoms with E-state index in [0.717, 1.165) is 6.42 Å². The van der Waals surface area contributed by atoms with Crippen molar-refractivity contribution in [1.29, 1.82) is 0 Å². The number of hydrogen-bond acceptors (Lipinski definition) is 5. The Morgan fingerprint density at radius 2 is 2.00 bits per heavy atom. The van der Waals surface area contributed by atoms with Crippen molar-refractivity contribution in [3.63, 3.8) is 0 Å². The SMILES string of the molecule is CC(C)CC(CO)NCCS(=O)(=O)[O-]. The molecular weight excluding hydrogens is 206 g/mol. The van der Waals surface area contributed by atoms with Crippen LogP contribution in [0.3, 0.4) is 0 Å². The van der Waals surface area contributed by atoms with Crippen LogP contribution in [0.25, 0.3) is 0 Å². The van der Waals surface area contributed by atoms with Gasteiger partial charge in [-0.3, -0.25) is 0 Å². The molecule has 0 heterocycles. The molecule has 0 aliphatic heterocycles. The lowest BCUT2D eigenvalue weighted by Gasteiger charge is -2.18. The Hall–Kier alpha value is -0.170. The monoisotopic (exact) mass is 224 g/mol. The van der Waals surface area contributed by atoms with Crippen LogP contribution in [0.5, 0.6) is 0 Å². The summed E-state index contributed by atoms with van der Waals surface area (Å²) in [4.78, 5) is 0. The van der Waals surface area contributed by atoms with E-state index in [9.17, 15) is 13.0 Å². The predicted molar refractivity (Wildman–Crippen MR) is 52.9 cm³/mol. The molecule has 2 N–H and O–H groups in total. The van der Waals surface area contributed by atoms with E-state index < -0.39 is 15.9 Å². The van der Waals surface area contributed by atoms with E-state index in [1.165, 1.54) is 0 Å². The van der Waals surface area contributed by atoms with Gasteiger partial charge in [-0.05, 0) is 12.3 Å². The third kappa shape index (κ3) is 8.43. The summed E-state index contributed by atoms with van der Waals surface area (Å²) < 4.78 is 30.8. The summed E-state index contributed by atoms with van der Waals surface area (Å²) in [6, 6.07) is -0.128. The van der Waals surface area contributed by atoms with Crippen LogP contribution in [0, 0.1) is 5.92 Å². The third-order valence-electron chi connectivity index (χ3n) is 1.76. The van der Waals surface area contributed by atoms with Gasteiger partial charge in [0.15, 0.2) is 0 Å². The van der Waals surface area contributed by atoms with Crippen molar-refractivity contribution in [1.82, 2.24) is 5.32 Å². The number of nitrogens with one attached hydrogen (secondary N) is 1. The van der Waals surface area contributed by atoms with Crippen LogP contribution >= 0.6 is 0 Å². The highest BCUT2D eigenvalue weighted by Crippen LogP contribution is 2.03. The zero-order valence-electron chi connectivity index (χ0n) is 8.56. The fraction of sp³-hybridized carbons (Fsp3) is 1.00. The highest BCUT2D eigenvalue weighted by molar-refractivity contribution is 7.85. The molecule has 0 fully saturated rings. The van der Waals surface area contributed by atoms with Crippen molar-refractivity contribution >= 4 is 10.1 Å². The summed E-state index contributed by atoms with van der Waals surface area (Å²) in [5.41, 5.74) is 0. The molecule has 1 atom stereocenters. The molecule has 0 aromatic carbocycles. The van der Waals surface area contributed by atoms with E-state index in [4.69, 9.17) is 5.11 Å². The van der Waals surface area contributed by atoms with Gasteiger partial charge in [-0.15, -0.1) is 0 Å². The summed E-state index contributed by atoms with van der Waals surface area (Å²) in [5.74, 6) is -0.00906. The minimum Gasteiger partial charge on any atom is -0.748 e. The predicted octanol–water partition coefficient (Wildman–Crippen LogP) is -0.472. The van der Waals surface area contributed by atoms with Crippen LogP contribution in [0.1, 0.15) is 20.3 Å².